The van der Waals surface area contributed by atoms with Crippen LogP contribution in [0.15, 0.2) is 36.9 Å². The number of benzene rings is 1. The van der Waals surface area contributed by atoms with E-state index < -0.39 is 5.97 Å². The minimum atomic E-state index is -0.496. The topological polar surface area (TPSA) is 35.5 Å². The molecule has 4 heteroatoms. The summed E-state index contributed by atoms with van der Waals surface area (Å²) in [5.74, 6) is 0.428. The Labute approximate surface area is 127 Å². The standard InChI is InChI=1S/C10H10O3.K.H/c1-3-10(11)13-9-7-5-4-6-8(9)12-2;;/h3-7H,1H2,2H3;;/q;+1;-1. The molecule has 0 bridgehead atoms. The Morgan fingerprint density at radius 1 is 1.43 bits per heavy atom. The van der Waals surface area contributed by atoms with Gasteiger partial charge in [-0.05, 0) is 12.1 Å². The van der Waals surface area contributed by atoms with Gasteiger partial charge in [-0.3, -0.25) is 0 Å². The average molecular weight is 218 g/mol. The number of methoxy groups -OCH3 is 1. The second kappa shape index (κ2) is 7.20. The van der Waals surface area contributed by atoms with Crippen LogP contribution in [-0.2, 0) is 4.79 Å². The first-order valence-electron chi connectivity index (χ1n) is 3.75. The summed E-state index contributed by atoms with van der Waals surface area (Å²) in [5.41, 5.74) is 0. The fourth-order valence-corrected chi connectivity index (χ4v) is 0.853. The summed E-state index contributed by atoms with van der Waals surface area (Å²) < 4.78 is 9.88. The first-order valence-corrected chi connectivity index (χ1v) is 3.75. The van der Waals surface area contributed by atoms with Crippen molar-refractivity contribution >= 4 is 5.97 Å². The zero-order valence-electron chi connectivity index (χ0n) is 9.32. The van der Waals surface area contributed by atoms with Gasteiger partial charge in [-0.15, -0.1) is 0 Å². The van der Waals surface area contributed by atoms with Gasteiger partial charge in [-0.25, -0.2) is 4.79 Å². The molecule has 0 aromatic heterocycles. The fourth-order valence-electron chi connectivity index (χ4n) is 0.853. The van der Waals surface area contributed by atoms with Crippen molar-refractivity contribution in [2.24, 2.45) is 0 Å². The van der Waals surface area contributed by atoms with Crippen LogP contribution in [0.4, 0.5) is 0 Å². The van der Waals surface area contributed by atoms with Crippen LogP contribution in [-0.4, -0.2) is 13.1 Å². The summed E-state index contributed by atoms with van der Waals surface area (Å²) in [4.78, 5) is 10.9. The molecule has 1 aromatic carbocycles. The summed E-state index contributed by atoms with van der Waals surface area (Å²) in [6.07, 6.45) is 1.10. The van der Waals surface area contributed by atoms with E-state index in [0.29, 0.717) is 11.5 Å². The minimum Gasteiger partial charge on any atom is -1.00 e. The van der Waals surface area contributed by atoms with E-state index in [1.165, 1.54) is 7.11 Å². The van der Waals surface area contributed by atoms with Crippen molar-refractivity contribution in [1.82, 2.24) is 0 Å². The van der Waals surface area contributed by atoms with Crippen LogP contribution in [0.5, 0.6) is 11.5 Å². The van der Waals surface area contributed by atoms with E-state index in [4.69, 9.17) is 9.47 Å². The Morgan fingerprint density at radius 2 is 2.00 bits per heavy atom. The van der Waals surface area contributed by atoms with Gasteiger partial charge in [0.05, 0.1) is 7.11 Å². The maximum Gasteiger partial charge on any atom is 1.00 e. The zero-order chi connectivity index (χ0) is 9.68. The summed E-state index contributed by atoms with van der Waals surface area (Å²) in [6.45, 7) is 3.30. The van der Waals surface area contributed by atoms with Crippen LogP contribution < -0.4 is 60.9 Å². The quantitative estimate of drug-likeness (QED) is 0.280. The smallest absolute Gasteiger partial charge is 1.00 e. The second-order valence-electron chi connectivity index (χ2n) is 2.28. The molecule has 0 N–H and O–H groups in total. The molecule has 0 unspecified atom stereocenters. The van der Waals surface area contributed by atoms with Gasteiger partial charge in [0, 0.05) is 6.08 Å². The van der Waals surface area contributed by atoms with Crippen LogP contribution in [0, 0.1) is 0 Å². The first kappa shape index (κ1) is 13.9. The molecular formula is C10H11KO3. The summed E-state index contributed by atoms with van der Waals surface area (Å²) in [6, 6.07) is 6.92. The van der Waals surface area contributed by atoms with E-state index in [1.54, 1.807) is 24.3 Å². The molecule has 0 saturated heterocycles. The molecule has 0 aliphatic heterocycles. The molecule has 0 radical (unpaired) electrons. The molecule has 0 saturated carbocycles. The van der Waals surface area contributed by atoms with Gasteiger partial charge in [-0.1, -0.05) is 18.7 Å². The van der Waals surface area contributed by atoms with Crippen molar-refractivity contribution in [2.75, 3.05) is 7.11 Å². The van der Waals surface area contributed by atoms with Crippen molar-refractivity contribution in [2.45, 2.75) is 0 Å². The Hall–Kier alpha value is -0.134. The van der Waals surface area contributed by atoms with E-state index in [2.05, 4.69) is 6.58 Å². The number of carbonyl (C=O) groups is 1. The monoisotopic (exact) mass is 218 g/mol. The Bertz CT molecular complexity index is 328. The number of rotatable bonds is 3. The van der Waals surface area contributed by atoms with Crippen LogP contribution in [0.3, 0.4) is 0 Å². The molecule has 70 valence electrons. The fraction of sp³-hybridized carbons (Fsp3) is 0.100. The third-order valence-electron chi connectivity index (χ3n) is 1.45. The van der Waals surface area contributed by atoms with Crippen molar-refractivity contribution in [1.29, 1.82) is 0 Å². The molecule has 0 amide bonds. The number of hydrogen-bond donors (Lipinski definition) is 0. The molecule has 14 heavy (non-hydrogen) atoms. The predicted octanol–water partition coefficient (Wildman–Crippen LogP) is -1.10. The molecule has 1 aromatic rings. The Morgan fingerprint density at radius 3 is 2.50 bits per heavy atom. The molecular weight excluding hydrogens is 207 g/mol. The average Bonchev–Trinajstić information content (AvgIpc) is 2.18. The molecule has 0 atom stereocenters. The summed E-state index contributed by atoms with van der Waals surface area (Å²) in [5, 5.41) is 0. The van der Waals surface area contributed by atoms with Crippen LogP contribution >= 0.6 is 0 Å². The first-order chi connectivity index (χ1) is 6.27. The van der Waals surface area contributed by atoms with Crippen molar-refractivity contribution in [3.63, 3.8) is 0 Å². The summed E-state index contributed by atoms with van der Waals surface area (Å²) in [7, 11) is 1.51. The zero-order valence-corrected chi connectivity index (χ0v) is 11.4. The molecule has 3 nitrogen and oxygen atoms in total. The normalized spacial score (nSPS) is 8.36. The van der Waals surface area contributed by atoms with Crippen LogP contribution in [0.1, 0.15) is 1.43 Å². The van der Waals surface area contributed by atoms with E-state index in [1.807, 2.05) is 0 Å². The second-order valence-corrected chi connectivity index (χ2v) is 2.28. The van der Waals surface area contributed by atoms with E-state index in [9.17, 15) is 4.79 Å². The molecule has 0 fully saturated rings. The van der Waals surface area contributed by atoms with Crippen LogP contribution in [0.2, 0.25) is 0 Å². The Kier molecular flexibility index (Phi) is 7.13. The van der Waals surface area contributed by atoms with Crippen molar-refractivity contribution in [3.8, 4) is 11.5 Å². The van der Waals surface area contributed by atoms with Gasteiger partial charge in [0.15, 0.2) is 11.5 Å². The molecule has 0 aliphatic carbocycles. The molecule has 0 heterocycles. The molecule has 0 aliphatic rings. The number of ether oxygens (including phenoxy) is 2. The largest absolute Gasteiger partial charge is 1.00 e. The van der Waals surface area contributed by atoms with Crippen LogP contribution in [0.25, 0.3) is 0 Å². The maximum atomic E-state index is 10.9. The number of carbonyl (C=O) groups excluding carboxylic acids is 1. The third kappa shape index (κ3) is 3.94. The number of hydrogen-bond acceptors (Lipinski definition) is 3. The van der Waals surface area contributed by atoms with Gasteiger partial charge < -0.3 is 10.9 Å². The van der Waals surface area contributed by atoms with Gasteiger partial charge in [0.25, 0.3) is 0 Å². The number of esters is 1. The van der Waals surface area contributed by atoms with Gasteiger partial charge in [0.2, 0.25) is 0 Å². The van der Waals surface area contributed by atoms with Crippen molar-refractivity contribution < 1.29 is 67.1 Å². The molecule has 0 spiro atoms. The summed E-state index contributed by atoms with van der Waals surface area (Å²) >= 11 is 0. The maximum absolute atomic E-state index is 10.9. The van der Waals surface area contributed by atoms with E-state index in [0.717, 1.165) is 6.08 Å². The van der Waals surface area contributed by atoms with Gasteiger partial charge >= 0.3 is 57.4 Å². The predicted molar refractivity (Wildman–Crippen MR) is 49.9 cm³/mol. The van der Waals surface area contributed by atoms with E-state index >= 15 is 0 Å². The minimum absolute atomic E-state index is 0. The van der Waals surface area contributed by atoms with Crippen molar-refractivity contribution in [3.05, 3.63) is 36.9 Å². The number of para-hydroxylation sites is 2. The Balaban J connectivity index is 0. The SMILES string of the molecule is C=CC(=O)Oc1ccccc1OC.[H-].[K+]. The third-order valence-corrected chi connectivity index (χ3v) is 1.45. The van der Waals surface area contributed by atoms with Gasteiger partial charge in [-0.2, -0.15) is 0 Å². The van der Waals surface area contributed by atoms with E-state index in [-0.39, 0.29) is 52.8 Å². The molecule has 1 rings (SSSR count). The van der Waals surface area contributed by atoms with Gasteiger partial charge in [0.1, 0.15) is 0 Å².